The predicted octanol–water partition coefficient (Wildman–Crippen LogP) is 9.19. The maximum atomic E-state index is 11.7. The van der Waals surface area contributed by atoms with Crippen molar-refractivity contribution in [1.29, 1.82) is 0 Å². The number of benzene rings is 5. The van der Waals surface area contributed by atoms with Crippen LogP contribution in [0.15, 0.2) is 121 Å². The van der Waals surface area contributed by atoms with Crippen LogP contribution in [0, 0.1) is 23.7 Å². The molecular weight excluding hydrogens is 903 g/mol. The molecule has 0 saturated carbocycles. The van der Waals surface area contributed by atoms with Crippen molar-refractivity contribution >= 4 is 16.6 Å². The van der Waals surface area contributed by atoms with Crippen molar-refractivity contribution in [2.75, 3.05) is 19.8 Å². The number of aryl methyl sites for hydroxylation is 3. The molecule has 11 nitrogen and oxygen atoms in total. The van der Waals surface area contributed by atoms with E-state index >= 15 is 0 Å². The lowest BCUT2D eigenvalue weighted by Gasteiger charge is -2.49. The minimum Gasteiger partial charge on any atom is -0.508 e. The molecule has 8 N–H and O–H groups in total. The molecule has 5 heterocycles. The molecule has 72 heavy (non-hydrogen) atoms. The smallest absolute Gasteiger partial charge is 0.161 e. The van der Waals surface area contributed by atoms with Gasteiger partial charge in [-0.2, -0.15) is 0 Å². The number of aliphatic hydroxyl groups excluding tert-OH is 2. The Morgan fingerprint density at radius 1 is 0.819 bits per heavy atom. The summed E-state index contributed by atoms with van der Waals surface area (Å²) in [6.45, 7) is 1.52. The summed E-state index contributed by atoms with van der Waals surface area (Å²) in [5.74, 6) is 9.14. The van der Waals surface area contributed by atoms with Gasteiger partial charge in [-0.3, -0.25) is 0 Å². The Morgan fingerprint density at radius 3 is 2.60 bits per heavy atom. The van der Waals surface area contributed by atoms with E-state index in [4.69, 9.17) is 19.9 Å². The molecule has 1 unspecified atom stereocenters. The van der Waals surface area contributed by atoms with Gasteiger partial charge in [0.15, 0.2) is 11.5 Å². The molecule has 11 heteroatoms. The number of dihydropyridines is 1. The van der Waals surface area contributed by atoms with Crippen LogP contribution in [-0.4, -0.2) is 68.3 Å². The molecule has 1 aromatic heterocycles. The number of hydrogen-bond donors (Lipinski definition) is 7. The number of phenols is 3. The van der Waals surface area contributed by atoms with E-state index in [0.29, 0.717) is 56.1 Å². The SMILES string of the molecule is NC1C=C2C#C[C@H](CCc3ccc(O)c(Cc4cccc(O)c4)c3)CCC[C@H]3C[C@H](O)CCc4cc(c(O)cc4CO)OCc4cc([C@@]56CCOC[C@H]5CCc5ccccc56)cc5cn(cc45)C(=C2CO3)N1. The van der Waals surface area contributed by atoms with Gasteiger partial charge >= 0.3 is 0 Å². The molecule has 0 spiro atoms. The Morgan fingerprint density at radius 2 is 1.71 bits per heavy atom. The Labute approximate surface area is 421 Å². The number of ether oxygens (including phenoxy) is 3. The number of aromatic hydroxyl groups is 3. The van der Waals surface area contributed by atoms with Crippen LogP contribution >= 0.6 is 0 Å². The van der Waals surface area contributed by atoms with Gasteiger partial charge in [-0.05, 0) is 169 Å². The summed E-state index contributed by atoms with van der Waals surface area (Å²) in [6.07, 6.45) is 13.5. The molecule has 0 amide bonds. The summed E-state index contributed by atoms with van der Waals surface area (Å²) in [6, 6.07) is 29.9. The second kappa shape index (κ2) is 20.5. The fourth-order valence-corrected chi connectivity index (χ4v) is 12.3. The average Bonchev–Trinajstić information content (AvgIpc) is 3.81. The third-order valence-corrected chi connectivity index (χ3v) is 16.1. The minimum absolute atomic E-state index is 0.0438. The van der Waals surface area contributed by atoms with Gasteiger partial charge in [-0.25, -0.2) is 0 Å². The number of fused-ring (bicyclic) bond motifs is 9. The summed E-state index contributed by atoms with van der Waals surface area (Å²) in [7, 11) is 0. The van der Waals surface area contributed by atoms with Crippen LogP contribution in [0.2, 0.25) is 0 Å². The highest BCUT2D eigenvalue weighted by atomic mass is 16.5. The zero-order valence-corrected chi connectivity index (χ0v) is 40.8. The highest BCUT2D eigenvalue weighted by molar-refractivity contribution is 5.88. The van der Waals surface area contributed by atoms with Crippen molar-refractivity contribution in [1.82, 2.24) is 9.88 Å². The largest absolute Gasteiger partial charge is 0.508 e. The number of rotatable bonds is 7. The summed E-state index contributed by atoms with van der Waals surface area (Å²) in [4.78, 5) is 0. The van der Waals surface area contributed by atoms with Crippen LogP contribution in [0.5, 0.6) is 23.0 Å². The van der Waals surface area contributed by atoms with E-state index in [9.17, 15) is 25.5 Å². The zero-order valence-electron chi connectivity index (χ0n) is 40.8. The van der Waals surface area contributed by atoms with Crippen molar-refractivity contribution in [2.45, 2.75) is 114 Å². The van der Waals surface area contributed by atoms with Crippen molar-refractivity contribution in [3.63, 3.8) is 0 Å². The predicted molar refractivity (Wildman–Crippen MR) is 278 cm³/mol. The molecular formula is C61H65N3O8. The van der Waals surface area contributed by atoms with Crippen molar-refractivity contribution in [3.8, 4) is 34.8 Å². The first-order valence-corrected chi connectivity index (χ1v) is 25.9. The summed E-state index contributed by atoms with van der Waals surface area (Å²) in [5, 5.41) is 60.0. The van der Waals surface area contributed by atoms with E-state index in [1.54, 1.807) is 24.3 Å². The molecule has 6 aromatic rings. The van der Waals surface area contributed by atoms with Gasteiger partial charge < -0.3 is 55.4 Å². The van der Waals surface area contributed by atoms with Gasteiger partial charge in [-0.15, -0.1) is 0 Å². The van der Waals surface area contributed by atoms with Crippen LogP contribution in [0.25, 0.3) is 16.6 Å². The highest BCUT2D eigenvalue weighted by Crippen LogP contribution is 2.52. The van der Waals surface area contributed by atoms with Gasteiger partial charge in [0.2, 0.25) is 0 Å². The quantitative estimate of drug-likeness (QED) is 0.0766. The maximum Gasteiger partial charge on any atom is 0.161 e. The van der Waals surface area contributed by atoms with Crippen molar-refractivity contribution < 1.29 is 39.7 Å². The van der Waals surface area contributed by atoms with Gasteiger partial charge in [0.25, 0.3) is 0 Å². The van der Waals surface area contributed by atoms with E-state index < -0.39 is 12.3 Å². The molecule has 5 aromatic carbocycles. The van der Waals surface area contributed by atoms with E-state index in [1.165, 1.54) is 16.7 Å². The first kappa shape index (κ1) is 47.8. The van der Waals surface area contributed by atoms with Gasteiger partial charge in [0.1, 0.15) is 23.9 Å². The fraction of sp³-hybridized carbons (Fsp3) is 0.377. The van der Waals surface area contributed by atoms with E-state index in [-0.39, 0.29) is 54.5 Å². The normalized spacial score (nSPS) is 24.3. The van der Waals surface area contributed by atoms with Crippen LogP contribution in [0.4, 0.5) is 0 Å². The third-order valence-electron chi connectivity index (χ3n) is 16.1. The first-order valence-electron chi connectivity index (χ1n) is 25.9. The lowest BCUT2D eigenvalue weighted by atomic mass is 9.57. The van der Waals surface area contributed by atoms with Gasteiger partial charge in [0, 0.05) is 58.7 Å². The Hall–Kier alpha value is -6.52. The van der Waals surface area contributed by atoms with E-state index in [0.717, 1.165) is 107 Å². The average molecular weight is 968 g/mol. The second-order valence-electron chi connectivity index (χ2n) is 20.7. The molecule has 1 saturated heterocycles. The molecule has 1 fully saturated rings. The molecule has 0 radical (unpaired) electrons. The number of aliphatic hydroxyl groups is 2. The molecule has 1 aliphatic carbocycles. The van der Waals surface area contributed by atoms with Crippen LogP contribution in [-0.2, 0) is 53.8 Å². The molecule has 6 bridgehead atoms. The van der Waals surface area contributed by atoms with Crippen LogP contribution in [0.1, 0.15) is 101 Å². The topological polar surface area (TPSA) is 172 Å². The Bertz CT molecular complexity index is 3120. The molecule has 11 rings (SSSR count). The molecule has 6 atom stereocenters. The molecule has 372 valence electrons. The third kappa shape index (κ3) is 9.74. The fourth-order valence-electron chi connectivity index (χ4n) is 12.3. The zero-order chi connectivity index (χ0) is 49.3. The number of phenolic OH excluding ortho intramolecular Hbond substituents is 3. The Balaban J connectivity index is 1.00. The summed E-state index contributed by atoms with van der Waals surface area (Å²) < 4.78 is 21.9. The van der Waals surface area contributed by atoms with Crippen molar-refractivity contribution in [3.05, 3.63) is 171 Å². The first-order chi connectivity index (χ1) is 35.1. The summed E-state index contributed by atoms with van der Waals surface area (Å²) in [5.41, 5.74) is 17.5. The van der Waals surface area contributed by atoms with Crippen LogP contribution < -0.4 is 15.8 Å². The van der Waals surface area contributed by atoms with Gasteiger partial charge in [0.05, 0.1) is 38.2 Å². The number of aromatic nitrogens is 1. The van der Waals surface area contributed by atoms with Crippen molar-refractivity contribution in [2.24, 2.45) is 17.6 Å². The Kier molecular flexibility index (Phi) is 13.6. The van der Waals surface area contributed by atoms with Crippen LogP contribution in [0.3, 0.4) is 0 Å². The standard InChI is InChI=1S/C61H65N3O8/c62-59-30-43-15-13-38(11-12-39-14-20-56(68)44(23-39)24-40-6-3-8-50(66)25-40)5-4-9-52-31-51(67)19-17-42-29-58(57(69)28-46(42)34-65)72-35-47-27-49(26-45-32-64(33-53(45)47)60(63-59)54(43)37-71-52)61-21-22-70-36-48(61)18-16-41-7-1-2-10-55(41)61/h1-3,6-8,10,14,20,23,25-30,32-33,38,48,51-52,59,63,65-69H,4-5,9,11-12,16-19,21-22,24,31,34-37,62H2/t38-,48+,51+,52-,59?,61+/m0/s1. The highest BCUT2D eigenvalue weighted by Gasteiger charge is 2.47. The number of nitrogens with one attached hydrogen (secondary N) is 1. The number of nitrogens with two attached hydrogens (primary N) is 1. The molecule has 5 aliphatic rings. The van der Waals surface area contributed by atoms with Gasteiger partial charge in [-0.1, -0.05) is 66.4 Å². The minimum atomic E-state index is -0.693. The summed E-state index contributed by atoms with van der Waals surface area (Å²) >= 11 is 0. The lowest BCUT2D eigenvalue weighted by molar-refractivity contribution is 0.00498. The molecule has 4 aliphatic heterocycles. The second-order valence-corrected chi connectivity index (χ2v) is 20.7. The maximum absolute atomic E-state index is 11.7. The monoisotopic (exact) mass is 967 g/mol. The number of nitrogens with zero attached hydrogens (tertiary/aromatic N) is 1. The number of hydrogen-bond acceptors (Lipinski definition) is 10. The van der Waals surface area contributed by atoms with E-state index in [1.807, 2.05) is 30.3 Å². The lowest BCUT2D eigenvalue weighted by Crippen LogP contribution is -2.47. The van der Waals surface area contributed by atoms with E-state index in [2.05, 4.69) is 76.6 Å².